The van der Waals surface area contributed by atoms with Crippen LogP contribution in [-0.4, -0.2) is 26.2 Å². The molecule has 0 aliphatic carbocycles. The summed E-state index contributed by atoms with van der Waals surface area (Å²) in [4.78, 5) is 6.44. The van der Waals surface area contributed by atoms with Gasteiger partial charge in [0.15, 0.2) is 5.58 Å². The number of hydrogen-bond acceptors (Lipinski definition) is 6. The van der Waals surface area contributed by atoms with E-state index in [-0.39, 0.29) is 19.0 Å². The third-order valence-corrected chi connectivity index (χ3v) is 2.79. The van der Waals surface area contributed by atoms with E-state index in [0.29, 0.717) is 11.1 Å². The molecule has 7 nitrogen and oxygen atoms in total. The highest BCUT2D eigenvalue weighted by atomic mass is 32.2. The maximum Gasteiger partial charge on any atom is 0.314 e. The average molecular weight is 280 g/mol. The van der Waals surface area contributed by atoms with Gasteiger partial charge in [-0.2, -0.15) is 10.2 Å². The summed E-state index contributed by atoms with van der Waals surface area (Å²) in [6, 6.07) is 9.14. The first-order valence-electron chi connectivity index (χ1n) is 5.47. The van der Waals surface area contributed by atoms with Crippen LogP contribution in [0.2, 0.25) is 0 Å². The average Bonchev–Trinajstić information content (AvgIpc) is 2.76. The van der Waals surface area contributed by atoms with Crippen molar-refractivity contribution < 1.29 is 12.8 Å². The first-order chi connectivity index (χ1) is 8.99. The highest BCUT2D eigenvalue weighted by Crippen LogP contribution is 2.20. The lowest BCUT2D eigenvalue weighted by atomic mass is 10.3. The van der Waals surface area contributed by atoms with Gasteiger partial charge in [-0.1, -0.05) is 12.1 Å². The summed E-state index contributed by atoms with van der Waals surface area (Å²) in [6.07, 6.45) is 1.16. The lowest BCUT2D eigenvalue weighted by Gasteiger charge is -2.18. The molecule has 0 saturated heterocycles. The number of nitrogens with one attached hydrogen (secondary N) is 1. The fourth-order valence-corrected chi connectivity index (χ4v) is 2.09. The van der Waals surface area contributed by atoms with Crippen molar-refractivity contribution in [3.05, 3.63) is 24.3 Å². The Morgan fingerprint density at radius 2 is 2.21 bits per heavy atom. The van der Waals surface area contributed by atoms with E-state index in [0.717, 1.165) is 6.26 Å². The molecule has 0 bridgehead atoms. The third kappa shape index (κ3) is 3.43. The van der Waals surface area contributed by atoms with Crippen LogP contribution in [0.25, 0.3) is 11.1 Å². The van der Waals surface area contributed by atoms with Gasteiger partial charge in [0.2, 0.25) is 10.0 Å². The molecule has 100 valence electrons. The van der Waals surface area contributed by atoms with Crippen LogP contribution < -0.4 is 9.84 Å². The first-order valence-corrected chi connectivity index (χ1v) is 7.36. The smallest absolute Gasteiger partial charge is 0.314 e. The molecule has 19 heavy (non-hydrogen) atoms. The molecule has 0 unspecified atom stereocenters. The van der Waals surface area contributed by atoms with Crippen molar-refractivity contribution in [1.29, 1.82) is 5.26 Å². The number of rotatable bonds is 5. The minimum Gasteiger partial charge on any atom is -0.422 e. The van der Waals surface area contributed by atoms with Crippen LogP contribution in [-0.2, 0) is 10.0 Å². The largest absolute Gasteiger partial charge is 0.422 e. The number of nitriles is 1. The zero-order valence-electron chi connectivity index (χ0n) is 10.2. The number of sulfonamides is 1. The lowest BCUT2D eigenvalue weighted by molar-refractivity contribution is 0.539. The molecule has 8 heteroatoms. The van der Waals surface area contributed by atoms with Gasteiger partial charge in [0.25, 0.3) is 0 Å². The number of para-hydroxylation sites is 2. The number of hydrazine groups is 1. The number of hydrogen-bond donors (Lipinski definition) is 1. The minimum absolute atomic E-state index is 0.113. The Kier molecular flexibility index (Phi) is 3.69. The predicted octanol–water partition coefficient (Wildman–Crippen LogP) is 1.01. The molecule has 0 aliphatic heterocycles. The Balaban J connectivity index is 2.33. The number of benzene rings is 1. The molecule has 0 spiro atoms. The number of nitrogens with zero attached hydrogens (tertiary/aromatic N) is 3. The zero-order valence-corrected chi connectivity index (χ0v) is 11.0. The molecule has 1 heterocycles. The van der Waals surface area contributed by atoms with Crippen molar-refractivity contribution >= 4 is 27.1 Å². The summed E-state index contributed by atoms with van der Waals surface area (Å²) in [5, 5.41) is 9.80. The molecule has 0 aliphatic rings. The van der Waals surface area contributed by atoms with Crippen LogP contribution in [0.5, 0.6) is 0 Å². The standard InChI is InChI=1S/C11H12N4O3S/c1-19(16,17)14-15(8-4-7-12)11-13-9-5-2-3-6-10(9)18-11/h2-3,5-6,14H,4,8H2,1H3. The van der Waals surface area contributed by atoms with E-state index >= 15 is 0 Å². The Morgan fingerprint density at radius 1 is 1.47 bits per heavy atom. The van der Waals surface area contributed by atoms with E-state index < -0.39 is 10.0 Å². The number of oxazole rings is 1. The molecule has 0 radical (unpaired) electrons. The quantitative estimate of drug-likeness (QED) is 0.821. The molecule has 2 aromatic rings. The van der Waals surface area contributed by atoms with Crippen molar-refractivity contribution in [1.82, 2.24) is 9.82 Å². The second-order valence-electron chi connectivity index (χ2n) is 3.89. The van der Waals surface area contributed by atoms with Gasteiger partial charge in [-0.25, -0.2) is 13.4 Å². The van der Waals surface area contributed by atoms with Gasteiger partial charge in [0, 0.05) is 0 Å². The van der Waals surface area contributed by atoms with Crippen LogP contribution in [0, 0.1) is 11.3 Å². The minimum atomic E-state index is -3.47. The van der Waals surface area contributed by atoms with Crippen molar-refractivity contribution in [3.8, 4) is 6.07 Å². The summed E-state index contributed by atoms with van der Waals surface area (Å²) < 4.78 is 28.0. The topological polar surface area (TPSA) is 99.2 Å². The van der Waals surface area contributed by atoms with E-state index in [4.69, 9.17) is 9.68 Å². The van der Waals surface area contributed by atoms with Gasteiger partial charge >= 0.3 is 6.01 Å². The van der Waals surface area contributed by atoms with E-state index in [2.05, 4.69) is 9.82 Å². The fraction of sp³-hybridized carbons (Fsp3) is 0.273. The number of aromatic nitrogens is 1. The Labute approximate surface area is 110 Å². The highest BCUT2D eigenvalue weighted by Gasteiger charge is 2.17. The normalized spacial score (nSPS) is 11.4. The monoisotopic (exact) mass is 280 g/mol. The zero-order chi connectivity index (χ0) is 13.9. The third-order valence-electron chi connectivity index (χ3n) is 2.24. The van der Waals surface area contributed by atoms with Crippen molar-refractivity contribution in [2.45, 2.75) is 6.42 Å². The van der Waals surface area contributed by atoms with Gasteiger partial charge in [0.05, 0.1) is 25.3 Å². The van der Waals surface area contributed by atoms with Crippen LogP contribution in [0.15, 0.2) is 28.7 Å². The van der Waals surface area contributed by atoms with Gasteiger partial charge in [-0.05, 0) is 12.1 Å². The molecular formula is C11H12N4O3S. The molecule has 0 atom stereocenters. The van der Waals surface area contributed by atoms with E-state index in [1.165, 1.54) is 5.01 Å². The molecule has 0 fully saturated rings. The summed E-state index contributed by atoms with van der Waals surface area (Å²) in [5.74, 6) is 0. The van der Waals surface area contributed by atoms with Crippen LogP contribution >= 0.6 is 0 Å². The summed E-state index contributed by atoms with van der Waals surface area (Å²) >= 11 is 0. The van der Waals surface area contributed by atoms with Gasteiger partial charge in [-0.15, -0.1) is 4.83 Å². The number of anilines is 1. The van der Waals surface area contributed by atoms with Crippen LogP contribution in [0.4, 0.5) is 6.01 Å². The molecule has 0 amide bonds. The highest BCUT2D eigenvalue weighted by molar-refractivity contribution is 7.88. The number of fused-ring (bicyclic) bond motifs is 1. The summed E-state index contributed by atoms with van der Waals surface area (Å²) in [5.41, 5.74) is 1.17. The van der Waals surface area contributed by atoms with Crippen molar-refractivity contribution in [2.75, 3.05) is 17.8 Å². The van der Waals surface area contributed by atoms with Gasteiger partial charge in [0.1, 0.15) is 5.52 Å². The molecule has 2 rings (SSSR count). The van der Waals surface area contributed by atoms with Crippen LogP contribution in [0.3, 0.4) is 0 Å². The molecule has 0 saturated carbocycles. The van der Waals surface area contributed by atoms with Crippen molar-refractivity contribution in [2.24, 2.45) is 0 Å². The maximum absolute atomic E-state index is 11.3. The first kappa shape index (κ1) is 13.3. The SMILES string of the molecule is CS(=O)(=O)NN(CCC#N)c1nc2ccccc2o1. The molecular weight excluding hydrogens is 268 g/mol. The lowest BCUT2D eigenvalue weighted by Crippen LogP contribution is -2.42. The Hall–Kier alpha value is -2.11. The van der Waals surface area contributed by atoms with Gasteiger partial charge < -0.3 is 4.42 Å². The second kappa shape index (κ2) is 5.26. The Bertz CT molecular complexity index is 684. The summed E-state index contributed by atoms with van der Waals surface area (Å²) in [6.45, 7) is 0.149. The fourth-order valence-electron chi connectivity index (χ4n) is 1.52. The van der Waals surface area contributed by atoms with E-state index in [1.54, 1.807) is 24.3 Å². The van der Waals surface area contributed by atoms with E-state index in [9.17, 15) is 8.42 Å². The maximum atomic E-state index is 11.3. The predicted molar refractivity (Wildman–Crippen MR) is 69.6 cm³/mol. The molecule has 1 aromatic heterocycles. The summed E-state index contributed by atoms with van der Waals surface area (Å²) in [7, 11) is -3.47. The molecule has 1 N–H and O–H groups in total. The van der Waals surface area contributed by atoms with Crippen molar-refractivity contribution in [3.63, 3.8) is 0 Å². The second-order valence-corrected chi connectivity index (χ2v) is 5.61. The van der Waals surface area contributed by atoms with E-state index in [1.807, 2.05) is 6.07 Å². The molecule has 1 aromatic carbocycles. The Morgan fingerprint density at radius 3 is 2.84 bits per heavy atom. The van der Waals surface area contributed by atoms with Crippen LogP contribution in [0.1, 0.15) is 6.42 Å². The van der Waals surface area contributed by atoms with Gasteiger partial charge in [-0.3, -0.25) is 0 Å².